The van der Waals surface area contributed by atoms with Gasteiger partial charge in [0, 0.05) is 56.5 Å². The highest BCUT2D eigenvalue weighted by Crippen LogP contribution is 2.29. The molecule has 0 aliphatic carbocycles. The molecule has 31 heavy (non-hydrogen) atoms. The van der Waals surface area contributed by atoms with Crippen LogP contribution < -0.4 is 5.32 Å². The summed E-state index contributed by atoms with van der Waals surface area (Å²) in [5, 5.41) is 2.93. The van der Waals surface area contributed by atoms with Crippen molar-refractivity contribution in [2.24, 2.45) is 0 Å². The van der Waals surface area contributed by atoms with Crippen LogP contribution in [0.4, 0.5) is 0 Å². The van der Waals surface area contributed by atoms with Crippen LogP contribution >= 0.6 is 0 Å². The van der Waals surface area contributed by atoms with Crippen LogP contribution in [-0.2, 0) is 6.54 Å². The van der Waals surface area contributed by atoms with E-state index in [1.54, 1.807) is 43.1 Å². The molecule has 0 radical (unpaired) electrons. The van der Waals surface area contributed by atoms with Crippen molar-refractivity contribution in [1.82, 2.24) is 30.2 Å². The topological polar surface area (TPSA) is 101 Å². The lowest BCUT2D eigenvalue weighted by atomic mass is 9.90. The summed E-state index contributed by atoms with van der Waals surface area (Å²) in [4.78, 5) is 44.3. The minimum absolute atomic E-state index is 0.0140. The Morgan fingerprint density at radius 1 is 1.06 bits per heavy atom. The van der Waals surface area contributed by atoms with E-state index in [2.05, 4.69) is 25.3 Å². The van der Waals surface area contributed by atoms with Crippen molar-refractivity contribution in [2.75, 3.05) is 13.1 Å². The number of likely N-dealkylation sites (tertiary alicyclic amines) is 1. The van der Waals surface area contributed by atoms with Gasteiger partial charge in [0.1, 0.15) is 5.82 Å². The number of carbonyl (C=O) groups is 2. The van der Waals surface area contributed by atoms with Crippen LogP contribution in [0, 0.1) is 6.92 Å². The Kier molecular flexibility index (Phi) is 6.26. The third kappa shape index (κ3) is 4.91. The normalized spacial score (nSPS) is 14.3. The summed E-state index contributed by atoms with van der Waals surface area (Å²) in [6.07, 6.45) is 9.75. The Bertz CT molecular complexity index is 1050. The van der Waals surface area contributed by atoms with Crippen molar-refractivity contribution in [3.8, 4) is 0 Å². The molecule has 2 amide bonds. The van der Waals surface area contributed by atoms with Gasteiger partial charge >= 0.3 is 0 Å². The molecule has 1 N–H and O–H groups in total. The van der Waals surface area contributed by atoms with Crippen LogP contribution in [0.25, 0.3) is 0 Å². The van der Waals surface area contributed by atoms with Gasteiger partial charge in [-0.15, -0.1) is 0 Å². The molecule has 158 valence electrons. The van der Waals surface area contributed by atoms with Crippen molar-refractivity contribution >= 4 is 11.8 Å². The van der Waals surface area contributed by atoms with E-state index in [1.807, 2.05) is 24.0 Å². The summed E-state index contributed by atoms with van der Waals surface area (Å²) in [6, 6.07) is 7.29. The summed E-state index contributed by atoms with van der Waals surface area (Å²) >= 11 is 0. The molecule has 1 saturated heterocycles. The molecular formula is C23H24N6O2. The number of hydrogen-bond donors (Lipinski definition) is 1. The molecule has 1 aliphatic rings. The molecule has 8 heteroatoms. The first-order valence-corrected chi connectivity index (χ1v) is 10.3. The van der Waals surface area contributed by atoms with Crippen LogP contribution in [0.1, 0.15) is 56.6 Å². The van der Waals surface area contributed by atoms with Gasteiger partial charge in [0.15, 0.2) is 0 Å². The highest BCUT2D eigenvalue weighted by molar-refractivity contribution is 5.95. The lowest BCUT2D eigenvalue weighted by Crippen LogP contribution is -2.38. The highest BCUT2D eigenvalue weighted by Gasteiger charge is 2.28. The van der Waals surface area contributed by atoms with Gasteiger partial charge in [0.2, 0.25) is 0 Å². The second-order valence-corrected chi connectivity index (χ2v) is 7.57. The van der Waals surface area contributed by atoms with E-state index in [1.165, 1.54) is 0 Å². The molecule has 0 atom stereocenters. The van der Waals surface area contributed by atoms with Crippen molar-refractivity contribution in [2.45, 2.75) is 32.2 Å². The van der Waals surface area contributed by atoms with Gasteiger partial charge in [0.25, 0.3) is 11.8 Å². The van der Waals surface area contributed by atoms with Gasteiger partial charge in [-0.2, -0.15) is 0 Å². The van der Waals surface area contributed by atoms with Crippen molar-refractivity contribution < 1.29 is 9.59 Å². The Morgan fingerprint density at radius 3 is 2.48 bits per heavy atom. The fourth-order valence-corrected chi connectivity index (χ4v) is 3.78. The average molecular weight is 416 g/mol. The molecule has 0 unspecified atom stereocenters. The number of rotatable bonds is 5. The molecule has 0 spiro atoms. The lowest BCUT2D eigenvalue weighted by Gasteiger charge is -2.32. The Morgan fingerprint density at radius 2 is 1.81 bits per heavy atom. The molecule has 0 bridgehead atoms. The molecule has 8 nitrogen and oxygen atoms in total. The average Bonchev–Trinajstić information content (AvgIpc) is 2.83. The fourth-order valence-electron chi connectivity index (χ4n) is 3.78. The van der Waals surface area contributed by atoms with Crippen LogP contribution in [0.2, 0.25) is 0 Å². The van der Waals surface area contributed by atoms with E-state index in [-0.39, 0.29) is 17.7 Å². The van der Waals surface area contributed by atoms with Gasteiger partial charge in [-0.1, -0.05) is 6.07 Å². The third-order valence-electron chi connectivity index (χ3n) is 5.44. The van der Waals surface area contributed by atoms with Crippen LogP contribution in [0.3, 0.4) is 0 Å². The minimum atomic E-state index is -0.201. The fraction of sp³-hybridized carbons (Fsp3) is 0.304. The molecule has 1 aliphatic heterocycles. The third-order valence-corrected chi connectivity index (χ3v) is 5.44. The van der Waals surface area contributed by atoms with Gasteiger partial charge in [-0.3, -0.25) is 19.6 Å². The summed E-state index contributed by atoms with van der Waals surface area (Å²) in [6.45, 7) is 3.43. The van der Waals surface area contributed by atoms with Gasteiger partial charge in [-0.25, -0.2) is 9.97 Å². The van der Waals surface area contributed by atoms with E-state index in [9.17, 15) is 9.59 Å². The first-order chi connectivity index (χ1) is 15.1. The van der Waals surface area contributed by atoms with Crippen LogP contribution in [0.5, 0.6) is 0 Å². The van der Waals surface area contributed by atoms with E-state index < -0.39 is 0 Å². The largest absolute Gasteiger partial charge is 0.348 e. The SMILES string of the molecule is Cc1ncc(C(=O)NCc2cccnc2)c(C2CCN(C(=O)c3cccnc3)CC2)n1. The Labute approximate surface area is 180 Å². The molecule has 4 heterocycles. The van der Waals surface area contributed by atoms with Crippen LogP contribution in [0.15, 0.2) is 55.2 Å². The summed E-state index contributed by atoms with van der Waals surface area (Å²) < 4.78 is 0. The zero-order valence-electron chi connectivity index (χ0n) is 17.4. The molecule has 4 rings (SSSR count). The molecule has 3 aromatic rings. The molecule has 0 saturated carbocycles. The number of aryl methyl sites for hydroxylation is 1. The summed E-state index contributed by atoms with van der Waals surface area (Å²) in [5.74, 6) is 0.513. The van der Waals surface area contributed by atoms with Gasteiger partial charge < -0.3 is 10.2 Å². The number of hydrogen-bond acceptors (Lipinski definition) is 6. The maximum absolute atomic E-state index is 12.9. The van der Waals surface area contributed by atoms with E-state index in [0.29, 0.717) is 36.6 Å². The number of pyridine rings is 2. The second kappa shape index (κ2) is 9.42. The standard InChI is InChI=1S/C23H24N6O2/c1-16-26-15-20(22(30)27-13-17-4-2-8-24-12-17)21(28-16)18-6-10-29(11-7-18)23(31)19-5-3-9-25-14-19/h2-5,8-9,12,14-15,18H,6-7,10-11,13H2,1H3,(H,27,30). The van der Waals surface area contributed by atoms with E-state index in [4.69, 9.17) is 0 Å². The number of amides is 2. The zero-order chi connectivity index (χ0) is 21.6. The van der Waals surface area contributed by atoms with Crippen molar-refractivity contribution in [3.05, 3.63) is 83.5 Å². The molecule has 1 fully saturated rings. The Hall–Kier alpha value is -3.68. The van der Waals surface area contributed by atoms with E-state index >= 15 is 0 Å². The predicted octanol–water partition coefficient (Wildman–Crippen LogP) is 2.52. The molecule has 0 aromatic carbocycles. The number of piperidine rings is 1. The highest BCUT2D eigenvalue weighted by atomic mass is 16.2. The number of aromatic nitrogens is 4. The minimum Gasteiger partial charge on any atom is -0.348 e. The molecular weight excluding hydrogens is 392 g/mol. The maximum atomic E-state index is 12.9. The van der Waals surface area contributed by atoms with Crippen molar-refractivity contribution in [1.29, 1.82) is 0 Å². The number of nitrogens with zero attached hydrogens (tertiary/aromatic N) is 5. The maximum Gasteiger partial charge on any atom is 0.255 e. The number of carbonyl (C=O) groups excluding carboxylic acids is 2. The first kappa shape index (κ1) is 20.6. The lowest BCUT2D eigenvalue weighted by molar-refractivity contribution is 0.0710. The smallest absolute Gasteiger partial charge is 0.255 e. The molecule has 3 aromatic heterocycles. The zero-order valence-corrected chi connectivity index (χ0v) is 17.4. The monoisotopic (exact) mass is 416 g/mol. The quantitative estimate of drug-likeness (QED) is 0.686. The predicted molar refractivity (Wildman–Crippen MR) is 114 cm³/mol. The number of nitrogens with one attached hydrogen (secondary N) is 1. The summed E-state index contributed by atoms with van der Waals surface area (Å²) in [5.41, 5.74) is 2.76. The van der Waals surface area contributed by atoms with E-state index in [0.717, 1.165) is 24.1 Å². The van der Waals surface area contributed by atoms with Crippen LogP contribution in [-0.4, -0.2) is 49.7 Å². The van der Waals surface area contributed by atoms with Gasteiger partial charge in [0.05, 0.1) is 16.8 Å². The van der Waals surface area contributed by atoms with Gasteiger partial charge in [-0.05, 0) is 43.5 Å². The second-order valence-electron chi connectivity index (χ2n) is 7.57. The first-order valence-electron chi connectivity index (χ1n) is 10.3. The Balaban J connectivity index is 1.44. The van der Waals surface area contributed by atoms with Crippen molar-refractivity contribution in [3.63, 3.8) is 0 Å². The summed E-state index contributed by atoms with van der Waals surface area (Å²) in [7, 11) is 0.